The van der Waals surface area contributed by atoms with Gasteiger partial charge in [0.2, 0.25) is 0 Å². The van der Waals surface area contributed by atoms with Gasteiger partial charge in [-0.3, -0.25) is 4.79 Å². The summed E-state index contributed by atoms with van der Waals surface area (Å²) < 4.78 is 5.93. The Balaban J connectivity index is 1.34. The molecule has 0 radical (unpaired) electrons. The van der Waals surface area contributed by atoms with E-state index in [0.29, 0.717) is 36.0 Å². The molecule has 0 N–H and O–H groups in total. The molecule has 0 aromatic carbocycles. The van der Waals surface area contributed by atoms with E-state index in [9.17, 15) is 9.59 Å². The zero-order chi connectivity index (χ0) is 26.1. The Labute approximate surface area is 222 Å². The van der Waals surface area contributed by atoms with E-state index >= 15 is 0 Å². The molecular formula is C33H56O3. The Morgan fingerprint density at radius 1 is 0.833 bits per heavy atom. The van der Waals surface area contributed by atoms with Gasteiger partial charge in [-0.05, 0) is 123 Å². The van der Waals surface area contributed by atoms with E-state index in [-0.39, 0.29) is 17.9 Å². The van der Waals surface area contributed by atoms with Crippen molar-refractivity contribution in [2.45, 2.75) is 144 Å². The first-order chi connectivity index (χ1) is 17.0. The van der Waals surface area contributed by atoms with E-state index in [1.165, 1.54) is 64.2 Å². The number of Topliss-reactive ketones (excluding diaryl/α,β-unsaturated/α-hetero) is 1. The maximum atomic E-state index is 12.4. The molecule has 0 saturated heterocycles. The fraction of sp³-hybridized carbons (Fsp3) is 0.939. The molecule has 0 bridgehead atoms. The fourth-order valence-corrected chi connectivity index (χ4v) is 10.1. The van der Waals surface area contributed by atoms with Gasteiger partial charge >= 0.3 is 5.97 Å². The second-order valence-corrected chi connectivity index (χ2v) is 14.6. The van der Waals surface area contributed by atoms with Gasteiger partial charge in [0.1, 0.15) is 11.9 Å². The van der Waals surface area contributed by atoms with Crippen LogP contribution in [0.5, 0.6) is 0 Å². The third-order valence-electron chi connectivity index (χ3n) is 12.0. The van der Waals surface area contributed by atoms with Crippen LogP contribution in [-0.4, -0.2) is 17.9 Å². The summed E-state index contributed by atoms with van der Waals surface area (Å²) in [5.41, 5.74) is 0.997. The predicted molar refractivity (Wildman–Crippen MR) is 147 cm³/mol. The number of ketones is 1. The molecule has 4 rings (SSSR count). The molecule has 3 nitrogen and oxygen atoms in total. The third kappa shape index (κ3) is 5.75. The lowest BCUT2D eigenvalue weighted by Gasteiger charge is -2.61. The minimum atomic E-state index is -0.0912. The highest BCUT2D eigenvalue weighted by Crippen LogP contribution is 2.68. The first kappa shape index (κ1) is 28.2. The van der Waals surface area contributed by atoms with Crippen LogP contribution in [0.15, 0.2) is 0 Å². The number of fused-ring (bicyclic) bond motifs is 5. The standard InChI is InChI=1S/C33H56O3/c1-22(2)9-7-10-23(3)28-15-16-29-27-14-13-25-21-26(36-31(35)12-8-11-24(4)34)17-19-32(25,5)30(27)18-20-33(28,29)6/h22-23,25-30H,7-21H2,1-6H3. The summed E-state index contributed by atoms with van der Waals surface area (Å²) in [7, 11) is 0. The second kappa shape index (κ2) is 11.5. The van der Waals surface area contributed by atoms with Crippen molar-refractivity contribution in [2.24, 2.45) is 52.3 Å². The van der Waals surface area contributed by atoms with E-state index in [2.05, 4.69) is 34.6 Å². The monoisotopic (exact) mass is 500 g/mol. The number of hydrogen-bond acceptors (Lipinski definition) is 3. The first-order valence-corrected chi connectivity index (χ1v) is 15.7. The third-order valence-corrected chi connectivity index (χ3v) is 12.0. The number of carbonyl (C=O) groups is 2. The van der Waals surface area contributed by atoms with Crippen molar-refractivity contribution in [1.29, 1.82) is 0 Å². The molecular weight excluding hydrogens is 444 g/mol. The van der Waals surface area contributed by atoms with Crippen molar-refractivity contribution in [2.75, 3.05) is 0 Å². The number of rotatable bonds is 10. The van der Waals surface area contributed by atoms with E-state index in [4.69, 9.17) is 4.74 Å². The molecule has 4 aliphatic carbocycles. The number of hydrogen-bond donors (Lipinski definition) is 0. The second-order valence-electron chi connectivity index (χ2n) is 14.6. The molecule has 4 aliphatic rings. The van der Waals surface area contributed by atoms with E-state index in [0.717, 1.165) is 48.3 Å². The summed E-state index contributed by atoms with van der Waals surface area (Å²) in [6, 6.07) is 0. The Morgan fingerprint density at radius 3 is 2.28 bits per heavy atom. The zero-order valence-electron chi connectivity index (χ0n) is 24.5. The topological polar surface area (TPSA) is 43.4 Å². The van der Waals surface area contributed by atoms with Crippen LogP contribution >= 0.6 is 0 Å². The van der Waals surface area contributed by atoms with Crippen LogP contribution in [0.1, 0.15) is 138 Å². The summed E-state index contributed by atoms with van der Waals surface area (Å²) in [6.07, 6.45) is 17.7. The Hall–Kier alpha value is -0.860. The van der Waals surface area contributed by atoms with Gasteiger partial charge < -0.3 is 9.53 Å². The maximum Gasteiger partial charge on any atom is 0.306 e. The number of esters is 1. The van der Waals surface area contributed by atoms with Gasteiger partial charge in [0.05, 0.1) is 0 Å². The van der Waals surface area contributed by atoms with E-state index < -0.39 is 0 Å². The minimum Gasteiger partial charge on any atom is -0.462 e. The Bertz CT molecular complexity index is 773. The molecule has 0 amide bonds. The molecule has 0 aromatic heterocycles. The highest BCUT2D eigenvalue weighted by molar-refractivity contribution is 5.76. The van der Waals surface area contributed by atoms with Crippen molar-refractivity contribution in [3.8, 4) is 0 Å². The molecule has 9 unspecified atom stereocenters. The largest absolute Gasteiger partial charge is 0.462 e. The molecule has 0 heterocycles. The van der Waals surface area contributed by atoms with Crippen LogP contribution in [0.4, 0.5) is 0 Å². The first-order valence-electron chi connectivity index (χ1n) is 15.7. The smallest absolute Gasteiger partial charge is 0.306 e. The van der Waals surface area contributed by atoms with Crippen molar-refractivity contribution < 1.29 is 14.3 Å². The van der Waals surface area contributed by atoms with Crippen LogP contribution in [0.25, 0.3) is 0 Å². The average Bonchev–Trinajstić information content (AvgIpc) is 3.16. The van der Waals surface area contributed by atoms with Crippen LogP contribution in [0.2, 0.25) is 0 Å². The number of carbonyl (C=O) groups excluding carboxylic acids is 2. The Kier molecular flexibility index (Phi) is 8.98. The average molecular weight is 501 g/mol. The van der Waals surface area contributed by atoms with Gasteiger partial charge in [-0.2, -0.15) is 0 Å². The lowest BCUT2D eigenvalue weighted by molar-refractivity contribution is -0.162. The van der Waals surface area contributed by atoms with Gasteiger partial charge in [0, 0.05) is 12.8 Å². The maximum absolute atomic E-state index is 12.4. The molecule has 0 aliphatic heterocycles. The van der Waals surface area contributed by atoms with Gasteiger partial charge in [-0.1, -0.05) is 53.9 Å². The van der Waals surface area contributed by atoms with Crippen molar-refractivity contribution in [1.82, 2.24) is 0 Å². The Morgan fingerprint density at radius 2 is 1.56 bits per heavy atom. The molecule has 206 valence electrons. The van der Waals surface area contributed by atoms with Crippen LogP contribution in [0.3, 0.4) is 0 Å². The van der Waals surface area contributed by atoms with E-state index in [1.54, 1.807) is 6.92 Å². The lowest BCUT2D eigenvalue weighted by atomic mass is 9.44. The summed E-state index contributed by atoms with van der Waals surface area (Å²) in [4.78, 5) is 23.5. The molecule has 3 heteroatoms. The molecule has 9 atom stereocenters. The summed E-state index contributed by atoms with van der Waals surface area (Å²) in [5.74, 6) is 6.14. The zero-order valence-corrected chi connectivity index (χ0v) is 24.5. The van der Waals surface area contributed by atoms with Crippen molar-refractivity contribution in [3.05, 3.63) is 0 Å². The van der Waals surface area contributed by atoms with E-state index in [1.807, 2.05) is 0 Å². The van der Waals surface area contributed by atoms with Gasteiger partial charge in [-0.15, -0.1) is 0 Å². The molecule has 0 aromatic rings. The summed E-state index contributed by atoms with van der Waals surface area (Å²) in [6.45, 7) is 14.2. The SMILES string of the molecule is CC(=O)CCCC(=O)OC1CCC2(C)C(CCC3C2CCC2(C)C(C(C)CCCC(C)C)CCC32)C1. The normalized spacial score (nSPS) is 40.8. The molecule has 36 heavy (non-hydrogen) atoms. The molecule has 0 spiro atoms. The molecule has 4 fully saturated rings. The van der Waals surface area contributed by atoms with Crippen LogP contribution < -0.4 is 0 Å². The van der Waals surface area contributed by atoms with Crippen molar-refractivity contribution in [3.63, 3.8) is 0 Å². The van der Waals surface area contributed by atoms with Crippen LogP contribution in [0, 0.1) is 52.3 Å². The predicted octanol–water partition coefficient (Wildman–Crippen LogP) is 8.78. The van der Waals surface area contributed by atoms with Crippen molar-refractivity contribution >= 4 is 11.8 Å². The fourth-order valence-electron chi connectivity index (χ4n) is 10.1. The lowest BCUT2D eigenvalue weighted by Crippen LogP contribution is -2.54. The van der Waals surface area contributed by atoms with Crippen LogP contribution in [-0.2, 0) is 14.3 Å². The van der Waals surface area contributed by atoms with Gasteiger partial charge in [0.25, 0.3) is 0 Å². The highest BCUT2D eigenvalue weighted by Gasteiger charge is 2.60. The number of ether oxygens (including phenoxy) is 1. The summed E-state index contributed by atoms with van der Waals surface area (Å²) >= 11 is 0. The summed E-state index contributed by atoms with van der Waals surface area (Å²) in [5, 5.41) is 0. The van der Waals surface area contributed by atoms with Gasteiger partial charge in [-0.25, -0.2) is 0 Å². The minimum absolute atomic E-state index is 0.0912. The van der Waals surface area contributed by atoms with Gasteiger partial charge in [0.15, 0.2) is 0 Å². The quantitative estimate of drug-likeness (QED) is 0.281. The highest BCUT2D eigenvalue weighted by atomic mass is 16.5. The molecule has 4 saturated carbocycles.